The minimum Gasteiger partial charge on any atom is -0.494 e. The van der Waals surface area contributed by atoms with Crippen molar-refractivity contribution in [2.45, 2.75) is 31.8 Å². The van der Waals surface area contributed by atoms with Crippen molar-refractivity contribution in [2.75, 3.05) is 26.4 Å². The van der Waals surface area contributed by atoms with E-state index in [-0.39, 0.29) is 19.2 Å². The number of esters is 2. The Bertz CT molecular complexity index is 1840. The Morgan fingerprint density at radius 3 is 1.79 bits per heavy atom. The second kappa shape index (κ2) is 15.8. The van der Waals surface area contributed by atoms with Crippen molar-refractivity contribution in [3.63, 3.8) is 0 Å². The second-order valence-electron chi connectivity index (χ2n) is 11.6. The minimum absolute atomic E-state index is 0.146. The maximum atomic E-state index is 12.9. The van der Waals surface area contributed by atoms with E-state index in [4.69, 9.17) is 23.7 Å². The van der Waals surface area contributed by atoms with Crippen LogP contribution in [-0.2, 0) is 19.1 Å². The predicted octanol–water partition coefficient (Wildman–Crippen LogP) is 8.72. The molecule has 0 amide bonds. The van der Waals surface area contributed by atoms with E-state index in [0.717, 1.165) is 69.7 Å². The molecule has 0 fully saturated rings. The van der Waals surface area contributed by atoms with E-state index in [2.05, 4.69) is 43.0 Å². The molecule has 0 aliphatic carbocycles. The summed E-state index contributed by atoms with van der Waals surface area (Å²) in [6.45, 7) is 4.68. The van der Waals surface area contributed by atoms with E-state index >= 15 is 0 Å². The van der Waals surface area contributed by atoms with Crippen molar-refractivity contribution in [3.8, 4) is 28.4 Å². The molecule has 5 aromatic carbocycles. The highest BCUT2D eigenvalue weighted by Crippen LogP contribution is 2.42. The molecule has 5 aromatic rings. The summed E-state index contributed by atoms with van der Waals surface area (Å²) in [5.74, 6) is 1.31. The number of rotatable bonds is 12. The van der Waals surface area contributed by atoms with Gasteiger partial charge in [0.1, 0.15) is 30.5 Å². The number of hydrogen-bond donors (Lipinski definition) is 0. The molecule has 0 N–H and O–H groups in total. The third-order valence-corrected chi connectivity index (χ3v) is 8.13. The Labute approximate surface area is 280 Å². The molecule has 0 aromatic heterocycles. The van der Waals surface area contributed by atoms with Gasteiger partial charge in [0.05, 0.1) is 13.2 Å². The average molecular weight is 643 g/mol. The fourth-order valence-corrected chi connectivity index (χ4v) is 5.60. The summed E-state index contributed by atoms with van der Waals surface area (Å²) in [5.41, 5.74) is 2.70. The lowest BCUT2D eigenvalue weighted by Gasteiger charge is -2.17. The van der Waals surface area contributed by atoms with Gasteiger partial charge < -0.3 is 23.7 Å². The monoisotopic (exact) mass is 642 g/mol. The number of hydrogen-bond acceptors (Lipinski definition) is 7. The molecule has 0 unspecified atom stereocenters. The Hall–Kier alpha value is -5.56. The fraction of sp³-hybridized carbons (Fsp3) is 0.220. The first-order chi connectivity index (χ1) is 23.6. The predicted molar refractivity (Wildman–Crippen MR) is 188 cm³/mol. The van der Waals surface area contributed by atoms with Gasteiger partial charge in [-0.3, -0.25) is 0 Å². The van der Waals surface area contributed by atoms with Gasteiger partial charge in [0.2, 0.25) is 0 Å². The van der Waals surface area contributed by atoms with Crippen LogP contribution >= 0.6 is 0 Å². The van der Waals surface area contributed by atoms with Gasteiger partial charge in [0.15, 0.2) is 6.10 Å². The number of benzene rings is 5. The van der Waals surface area contributed by atoms with Crippen molar-refractivity contribution in [1.29, 1.82) is 0 Å². The van der Waals surface area contributed by atoms with E-state index in [1.54, 1.807) is 6.08 Å². The van der Waals surface area contributed by atoms with Gasteiger partial charge in [-0.15, -0.1) is 0 Å². The zero-order valence-electron chi connectivity index (χ0n) is 26.8. The molecular weight excluding hydrogens is 604 g/mol. The molecule has 7 nitrogen and oxygen atoms in total. The normalized spacial score (nSPS) is 12.9. The molecule has 244 valence electrons. The largest absolute Gasteiger partial charge is 0.494 e. The summed E-state index contributed by atoms with van der Waals surface area (Å²) in [7, 11) is 0. The van der Waals surface area contributed by atoms with Crippen LogP contribution in [0.5, 0.6) is 17.2 Å². The first kappa shape index (κ1) is 32.4. The quantitative estimate of drug-likeness (QED) is 0.0765. The Morgan fingerprint density at radius 2 is 1.23 bits per heavy atom. The molecule has 48 heavy (non-hydrogen) atoms. The zero-order valence-corrected chi connectivity index (χ0v) is 26.8. The lowest BCUT2D eigenvalue weighted by Crippen LogP contribution is -2.30. The Kier molecular flexibility index (Phi) is 10.7. The molecule has 1 heterocycles. The summed E-state index contributed by atoms with van der Waals surface area (Å²) < 4.78 is 29.3. The van der Waals surface area contributed by atoms with Gasteiger partial charge >= 0.3 is 11.9 Å². The van der Waals surface area contributed by atoms with Gasteiger partial charge in [-0.05, 0) is 95.3 Å². The molecule has 0 spiro atoms. The Morgan fingerprint density at radius 1 is 0.688 bits per heavy atom. The summed E-state index contributed by atoms with van der Waals surface area (Å²) >= 11 is 0. The molecule has 6 rings (SSSR count). The smallest absolute Gasteiger partial charge is 0.331 e. The van der Waals surface area contributed by atoms with Gasteiger partial charge in [0, 0.05) is 23.3 Å². The van der Waals surface area contributed by atoms with Crippen LogP contribution in [0.3, 0.4) is 0 Å². The van der Waals surface area contributed by atoms with E-state index in [9.17, 15) is 9.59 Å². The molecule has 0 radical (unpaired) electrons. The summed E-state index contributed by atoms with van der Waals surface area (Å²) in [6, 6.07) is 32.2. The third-order valence-electron chi connectivity index (χ3n) is 8.13. The maximum absolute atomic E-state index is 12.9. The highest BCUT2D eigenvalue weighted by atomic mass is 16.6. The first-order valence-corrected chi connectivity index (χ1v) is 16.3. The Balaban J connectivity index is 1.06. The van der Waals surface area contributed by atoms with E-state index in [1.165, 1.54) is 12.2 Å². The van der Waals surface area contributed by atoms with E-state index < -0.39 is 12.1 Å². The van der Waals surface area contributed by atoms with Gasteiger partial charge in [-0.1, -0.05) is 67.2 Å². The first-order valence-electron chi connectivity index (χ1n) is 16.3. The number of carbonyl (C=O) groups is 2. The molecule has 0 saturated carbocycles. The van der Waals surface area contributed by atoms with Crippen LogP contribution in [0.1, 0.15) is 31.2 Å². The highest BCUT2D eigenvalue weighted by Gasteiger charge is 2.22. The molecule has 0 saturated heterocycles. The van der Waals surface area contributed by atoms with Crippen LogP contribution in [-0.4, -0.2) is 44.5 Å². The zero-order chi connectivity index (χ0) is 33.1. The number of unbranched alkanes of at least 4 members (excludes halogenated alkanes) is 3. The third kappa shape index (κ3) is 8.42. The van der Waals surface area contributed by atoms with Gasteiger partial charge in [-0.25, -0.2) is 9.59 Å². The number of ether oxygens (including phenoxy) is 5. The fourth-order valence-electron chi connectivity index (χ4n) is 5.60. The second-order valence-corrected chi connectivity index (χ2v) is 11.6. The van der Waals surface area contributed by atoms with Crippen molar-refractivity contribution >= 4 is 39.6 Å². The van der Waals surface area contributed by atoms with Gasteiger partial charge in [0.25, 0.3) is 0 Å². The summed E-state index contributed by atoms with van der Waals surface area (Å²) in [5, 5.41) is 4.33. The van der Waals surface area contributed by atoms with Crippen molar-refractivity contribution < 1.29 is 33.3 Å². The van der Waals surface area contributed by atoms with Gasteiger partial charge in [-0.2, -0.15) is 0 Å². The van der Waals surface area contributed by atoms with Crippen LogP contribution in [0.15, 0.2) is 116 Å². The molecule has 7 heteroatoms. The SMILES string of the molecule is C=CC(=O)OCCCCCCOc1ccc(/C=C/C(=O)OC2COc3cc4ccccc4cc3-c3cc4ccccc4cc3OC2)cc1. The number of carbonyl (C=O) groups excluding carboxylic acids is 2. The molecule has 1 aliphatic heterocycles. The van der Waals surface area contributed by atoms with Crippen molar-refractivity contribution in [1.82, 2.24) is 0 Å². The molecule has 1 aliphatic rings. The van der Waals surface area contributed by atoms with Crippen molar-refractivity contribution in [3.05, 3.63) is 121 Å². The highest BCUT2D eigenvalue weighted by molar-refractivity contribution is 5.96. The lowest BCUT2D eigenvalue weighted by atomic mass is 9.96. The van der Waals surface area contributed by atoms with E-state index in [0.29, 0.717) is 24.7 Å². The molecular formula is C41H38O7. The standard InChI is InChI=1S/C41H38O7/c1-2-40(42)45-22-10-4-3-9-21-44-34-18-15-29(16-19-34)17-20-41(43)48-35-27-46-38-25-32-13-7-5-11-30(32)23-36(38)37-24-31-12-6-8-14-33(31)26-39(37)47-28-35/h2,5-8,11-20,23-26,35H,1,3-4,9-10,21-22,27-28H2/b20-17+. The average Bonchev–Trinajstić information content (AvgIpc) is 3.18. The van der Waals surface area contributed by atoms with Crippen LogP contribution in [0.25, 0.3) is 38.7 Å². The van der Waals surface area contributed by atoms with Crippen LogP contribution in [0.2, 0.25) is 0 Å². The molecule has 0 bridgehead atoms. The van der Waals surface area contributed by atoms with Crippen molar-refractivity contribution in [2.24, 2.45) is 0 Å². The minimum atomic E-state index is -0.628. The molecule has 0 atom stereocenters. The topological polar surface area (TPSA) is 80.3 Å². The van der Waals surface area contributed by atoms with E-state index in [1.807, 2.05) is 60.7 Å². The van der Waals surface area contributed by atoms with Crippen LogP contribution < -0.4 is 14.2 Å². The van der Waals surface area contributed by atoms with Crippen LogP contribution in [0.4, 0.5) is 0 Å². The maximum Gasteiger partial charge on any atom is 0.331 e. The van der Waals surface area contributed by atoms with Crippen LogP contribution in [0, 0.1) is 0 Å². The lowest BCUT2D eigenvalue weighted by molar-refractivity contribution is -0.146. The number of fused-ring (bicyclic) bond motifs is 5. The summed E-state index contributed by atoms with van der Waals surface area (Å²) in [4.78, 5) is 24.0. The summed E-state index contributed by atoms with van der Waals surface area (Å²) in [6.07, 6.45) is 7.34.